The van der Waals surface area contributed by atoms with Crippen LogP contribution in [0.15, 0.2) is 42.5 Å². The summed E-state index contributed by atoms with van der Waals surface area (Å²) >= 11 is 0. The minimum Gasteiger partial charge on any atom is -0.507 e. The largest absolute Gasteiger partial charge is 0.507 e. The Morgan fingerprint density at radius 2 is 1.83 bits per heavy atom. The molecule has 24 heavy (non-hydrogen) atoms. The van der Waals surface area contributed by atoms with Crippen molar-refractivity contribution in [3.63, 3.8) is 0 Å². The molecule has 0 radical (unpaired) electrons. The number of hydrogen-bond donors (Lipinski definition) is 4. The number of phenols is 1. The molecule has 0 aromatic heterocycles. The predicted octanol–water partition coefficient (Wildman–Crippen LogP) is 0.798. The van der Waals surface area contributed by atoms with Gasteiger partial charge in [-0.2, -0.15) is 0 Å². The first-order valence-corrected chi connectivity index (χ1v) is 7.00. The van der Waals surface area contributed by atoms with Gasteiger partial charge in [-0.1, -0.05) is 12.1 Å². The summed E-state index contributed by atoms with van der Waals surface area (Å²) in [6.45, 7) is -0.123. The van der Waals surface area contributed by atoms with E-state index in [0.717, 1.165) is 0 Å². The quantitative estimate of drug-likeness (QED) is 0.609. The minimum atomic E-state index is -0.650. The van der Waals surface area contributed by atoms with Crippen molar-refractivity contribution >= 4 is 23.4 Å². The van der Waals surface area contributed by atoms with Gasteiger partial charge < -0.3 is 15.2 Å². The van der Waals surface area contributed by atoms with Crippen LogP contribution in [0.1, 0.15) is 20.7 Å². The number of para-hydroxylation sites is 1. The third-order valence-electron chi connectivity index (χ3n) is 3.31. The van der Waals surface area contributed by atoms with E-state index in [2.05, 4.69) is 16.2 Å². The van der Waals surface area contributed by atoms with E-state index >= 15 is 0 Å². The number of carbonyl (C=O) groups excluding carboxylic acids is 3. The van der Waals surface area contributed by atoms with Crippen LogP contribution in [0, 0.1) is 0 Å². The van der Waals surface area contributed by atoms with Crippen LogP contribution in [0.3, 0.4) is 0 Å². The first kappa shape index (κ1) is 15.3. The van der Waals surface area contributed by atoms with Gasteiger partial charge in [0.1, 0.15) is 11.5 Å². The lowest BCUT2D eigenvalue weighted by atomic mass is 10.1. The third-order valence-corrected chi connectivity index (χ3v) is 3.31. The number of hydrogen-bond acceptors (Lipinski definition) is 5. The smallest absolute Gasteiger partial charge is 0.273 e. The lowest BCUT2D eigenvalue weighted by Crippen LogP contribution is -2.41. The van der Waals surface area contributed by atoms with Crippen molar-refractivity contribution in [2.45, 2.75) is 0 Å². The predicted molar refractivity (Wildman–Crippen MR) is 83.6 cm³/mol. The van der Waals surface area contributed by atoms with Crippen molar-refractivity contribution in [3.8, 4) is 11.5 Å². The molecule has 1 heterocycles. The summed E-state index contributed by atoms with van der Waals surface area (Å²) in [5, 5.41) is 12.2. The second kappa shape index (κ2) is 6.29. The van der Waals surface area contributed by atoms with Crippen molar-refractivity contribution in [1.82, 2.24) is 10.9 Å². The zero-order valence-corrected chi connectivity index (χ0v) is 12.3. The van der Waals surface area contributed by atoms with Crippen molar-refractivity contribution < 1.29 is 24.2 Å². The number of benzene rings is 2. The summed E-state index contributed by atoms with van der Waals surface area (Å²) in [5.74, 6) is -1.31. The lowest BCUT2D eigenvalue weighted by molar-refractivity contribution is -0.118. The van der Waals surface area contributed by atoms with E-state index in [-0.39, 0.29) is 29.4 Å². The Balaban J connectivity index is 1.66. The second-order valence-corrected chi connectivity index (χ2v) is 4.97. The van der Waals surface area contributed by atoms with Gasteiger partial charge in [-0.15, -0.1) is 0 Å². The summed E-state index contributed by atoms with van der Waals surface area (Å²) in [5.41, 5.74) is 5.21. The fourth-order valence-electron chi connectivity index (χ4n) is 2.13. The normalized spacial score (nSPS) is 12.4. The van der Waals surface area contributed by atoms with E-state index in [9.17, 15) is 19.5 Å². The van der Waals surface area contributed by atoms with E-state index < -0.39 is 11.8 Å². The molecule has 8 nitrogen and oxygen atoms in total. The van der Waals surface area contributed by atoms with Gasteiger partial charge in [0.25, 0.3) is 17.7 Å². The van der Waals surface area contributed by atoms with E-state index in [1.807, 2.05) is 0 Å². The molecular formula is C16H13N3O5. The van der Waals surface area contributed by atoms with Gasteiger partial charge in [0.2, 0.25) is 0 Å². The highest BCUT2D eigenvalue weighted by atomic mass is 16.5. The molecule has 0 fully saturated rings. The first-order chi connectivity index (χ1) is 11.5. The number of carbonyl (C=O) groups is 3. The monoisotopic (exact) mass is 327 g/mol. The number of anilines is 1. The summed E-state index contributed by atoms with van der Waals surface area (Å²) < 4.78 is 5.22. The number of aromatic hydroxyl groups is 1. The molecule has 1 aliphatic heterocycles. The number of ether oxygens (including phenoxy) is 1. The number of rotatable bonds is 2. The molecule has 2 aromatic rings. The molecule has 0 bridgehead atoms. The Morgan fingerprint density at radius 3 is 2.62 bits per heavy atom. The average Bonchev–Trinajstić information content (AvgIpc) is 2.59. The Morgan fingerprint density at radius 1 is 1.08 bits per heavy atom. The number of fused-ring (bicyclic) bond motifs is 1. The number of hydrazine groups is 1. The van der Waals surface area contributed by atoms with E-state index in [1.165, 1.54) is 30.3 Å². The van der Waals surface area contributed by atoms with Gasteiger partial charge in [0, 0.05) is 5.56 Å². The Labute approximate surface area is 136 Å². The molecule has 0 saturated heterocycles. The Kier molecular flexibility index (Phi) is 4.02. The van der Waals surface area contributed by atoms with Crippen LogP contribution >= 0.6 is 0 Å². The molecule has 0 saturated carbocycles. The highest BCUT2D eigenvalue weighted by Gasteiger charge is 2.18. The van der Waals surface area contributed by atoms with Gasteiger partial charge >= 0.3 is 0 Å². The molecule has 0 aliphatic carbocycles. The van der Waals surface area contributed by atoms with Gasteiger partial charge in [0.15, 0.2) is 6.61 Å². The van der Waals surface area contributed by atoms with Gasteiger partial charge in [-0.3, -0.25) is 25.2 Å². The van der Waals surface area contributed by atoms with Gasteiger partial charge in [0.05, 0.1) is 11.3 Å². The van der Waals surface area contributed by atoms with Crippen LogP contribution < -0.4 is 20.9 Å². The maximum atomic E-state index is 12.1. The molecule has 122 valence electrons. The van der Waals surface area contributed by atoms with Gasteiger partial charge in [-0.25, -0.2) is 0 Å². The van der Waals surface area contributed by atoms with Crippen LogP contribution in [-0.4, -0.2) is 29.4 Å². The maximum Gasteiger partial charge on any atom is 0.273 e. The summed E-state index contributed by atoms with van der Waals surface area (Å²) in [6, 6.07) is 10.4. The van der Waals surface area contributed by atoms with Gasteiger partial charge in [-0.05, 0) is 30.3 Å². The standard InChI is InChI=1S/C16H13N3O5/c20-12-4-2-1-3-10(12)16(23)19-18-15(22)9-5-6-11-13(7-9)24-8-14(21)17-11/h1-7,20H,8H2,(H,17,21)(H,18,22)(H,19,23). The molecule has 0 unspecified atom stereocenters. The van der Waals surface area contributed by atoms with Crippen molar-refractivity contribution in [3.05, 3.63) is 53.6 Å². The lowest BCUT2D eigenvalue weighted by Gasteiger charge is -2.18. The topological polar surface area (TPSA) is 117 Å². The summed E-state index contributed by atoms with van der Waals surface area (Å²) in [6.07, 6.45) is 0. The highest BCUT2D eigenvalue weighted by Crippen LogP contribution is 2.28. The molecule has 0 spiro atoms. The van der Waals surface area contributed by atoms with Crippen molar-refractivity contribution in [2.75, 3.05) is 11.9 Å². The molecule has 8 heteroatoms. The van der Waals surface area contributed by atoms with Crippen molar-refractivity contribution in [2.24, 2.45) is 0 Å². The zero-order valence-electron chi connectivity index (χ0n) is 12.3. The van der Waals surface area contributed by atoms with Crippen LogP contribution in [0.4, 0.5) is 5.69 Å². The molecule has 1 aliphatic rings. The molecule has 2 aromatic carbocycles. The molecule has 3 amide bonds. The van der Waals surface area contributed by atoms with Crippen LogP contribution in [-0.2, 0) is 4.79 Å². The maximum absolute atomic E-state index is 12.1. The highest BCUT2D eigenvalue weighted by molar-refractivity contribution is 6.01. The van der Waals surface area contributed by atoms with E-state index in [1.54, 1.807) is 12.1 Å². The number of amides is 3. The first-order valence-electron chi connectivity index (χ1n) is 7.00. The fourth-order valence-corrected chi connectivity index (χ4v) is 2.13. The van der Waals surface area contributed by atoms with Crippen LogP contribution in [0.25, 0.3) is 0 Å². The van der Waals surface area contributed by atoms with E-state index in [4.69, 9.17) is 4.74 Å². The second-order valence-electron chi connectivity index (χ2n) is 4.97. The minimum absolute atomic E-state index is 0.0364. The average molecular weight is 327 g/mol. The zero-order chi connectivity index (χ0) is 17.1. The Hall–Kier alpha value is -3.55. The third kappa shape index (κ3) is 3.12. The van der Waals surface area contributed by atoms with E-state index in [0.29, 0.717) is 11.4 Å². The number of nitrogens with one attached hydrogen (secondary N) is 3. The number of phenolic OH excluding ortho intramolecular Hbond substituents is 1. The summed E-state index contributed by atoms with van der Waals surface area (Å²) in [4.78, 5) is 35.2. The molecule has 3 rings (SSSR count). The SMILES string of the molecule is O=C1COc2cc(C(=O)NNC(=O)c3ccccc3O)ccc2N1. The molecular weight excluding hydrogens is 314 g/mol. The van der Waals surface area contributed by atoms with Crippen LogP contribution in [0.2, 0.25) is 0 Å². The molecule has 0 atom stereocenters. The molecule has 4 N–H and O–H groups in total. The fraction of sp³-hybridized carbons (Fsp3) is 0.0625. The van der Waals surface area contributed by atoms with Crippen LogP contribution in [0.5, 0.6) is 11.5 Å². The Bertz CT molecular complexity index is 834. The van der Waals surface area contributed by atoms with Crippen molar-refractivity contribution in [1.29, 1.82) is 0 Å². The summed E-state index contributed by atoms with van der Waals surface area (Å²) in [7, 11) is 0.